The Morgan fingerprint density at radius 2 is 2.05 bits per heavy atom. The van der Waals surface area contributed by atoms with Crippen molar-refractivity contribution in [3.8, 4) is 11.5 Å². The van der Waals surface area contributed by atoms with Gasteiger partial charge in [-0.3, -0.25) is 9.59 Å². The van der Waals surface area contributed by atoms with Crippen LogP contribution in [0.3, 0.4) is 0 Å². The van der Waals surface area contributed by atoms with Gasteiger partial charge in [0.25, 0.3) is 10.9 Å². The first kappa shape index (κ1) is 11.2. The van der Waals surface area contributed by atoms with Gasteiger partial charge in [-0.2, -0.15) is 0 Å². The second-order valence-electron chi connectivity index (χ2n) is 3.99. The van der Waals surface area contributed by atoms with Gasteiger partial charge in [0.15, 0.2) is 0 Å². The Balaban J connectivity index is 1.93. The summed E-state index contributed by atoms with van der Waals surface area (Å²) in [5.41, 5.74) is 5.70. The van der Waals surface area contributed by atoms with E-state index in [1.165, 1.54) is 6.26 Å². The fraction of sp³-hybridized carbons (Fsp3) is 0. The van der Waals surface area contributed by atoms with E-state index in [2.05, 4.69) is 10.3 Å². The predicted octanol–water partition coefficient (Wildman–Crippen LogP) is 1.26. The molecule has 3 N–H and O–H groups in total. The normalized spacial score (nSPS) is 10.7. The summed E-state index contributed by atoms with van der Waals surface area (Å²) < 4.78 is 5.18. The number of benzene rings is 1. The molecule has 19 heavy (non-hydrogen) atoms. The number of rotatable bonds is 3. The highest BCUT2D eigenvalue weighted by Crippen LogP contribution is 2.24. The SMILES string of the molecule is Nc1c(Nc2cccc(-c3ncco3)c2)c(=O)c1=O. The summed E-state index contributed by atoms with van der Waals surface area (Å²) >= 11 is 0. The van der Waals surface area contributed by atoms with Crippen LogP contribution in [-0.2, 0) is 0 Å². The van der Waals surface area contributed by atoms with Crippen molar-refractivity contribution in [3.63, 3.8) is 0 Å². The quantitative estimate of drug-likeness (QED) is 0.684. The third-order valence-corrected chi connectivity index (χ3v) is 2.76. The molecule has 1 heterocycles. The fourth-order valence-corrected chi connectivity index (χ4v) is 1.77. The van der Waals surface area contributed by atoms with Crippen LogP contribution in [0.25, 0.3) is 11.5 Å². The van der Waals surface area contributed by atoms with Gasteiger partial charge in [-0.25, -0.2) is 4.98 Å². The van der Waals surface area contributed by atoms with Crippen LogP contribution < -0.4 is 21.9 Å². The number of nitrogens with two attached hydrogens (primary N) is 1. The van der Waals surface area contributed by atoms with Gasteiger partial charge in [-0.05, 0) is 18.2 Å². The highest BCUT2D eigenvalue weighted by Gasteiger charge is 2.17. The molecule has 0 bridgehead atoms. The molecule has 3 rings (SSSR count). The average Bonchev–Trinajstić information content (AvgIpc) is 2.98. The molecule has 6 heteroatoms. The molecule has 0 atom stereocenters. The number of anilines is 3. The zero-order valence-electron chi connectivity index (χ0n) is 9.71. The topological polar surface area (TPSA) is 98.2 Å². The summed E-state index contributed by atoms with van der Waals surface area (Å²) in [5, 5.41) is 2.83. The molecule has 0 spiro atoms. The molecular weight excluding hydrogens is 246 g/mol. The first-order valence-electron chi connectivity index (χ1n) is 5.52. The predicted molar refractivity (Wildman–Crippen MR) is 71.0 cm³/mol. The first-order valence-corrected chi connectivity index (χ1v) is 5.52. The second kappa shape index (κ2) is 4.09. The van der Waals surface area contributed by atoms with Crippen LogP contribution in [0.5, 0.6) is 0 Å². The van der Waals surface area contributed by atoms with Crippen molar-refractivity contribution in [2.75, 3.05) is 11.1 Å². The lowest BCUT2D eigenvalue weighted by Gasteiger charge is -2.10. The van der Waals surface area contributed by atoms with Crippen LogP contribution in [0.2, 0.25) is 0 Å². The summed E-state index contributed by atoms with van der Waals surface area (Å²) in [6, 6.07) is 7.11. The minimum Gasteiger partial charge on any atom is -0.445 e. The maximum absolute atomic E-state index is 11.3. The Morgan fingerprint density at radius 3 is 2.74 bits per heavy atom. The third kappa shape index (κ3) is 1.79. The molecule has 0 unspecified atom stereocenters. The summed E-state index contributed by atoms with van der Waals surface area (Å²) in [6.07, 6.45) is 3.02. The minimum absolute atomic E-state index is 0.0356. The Hall–Kier alpha value is -2.89. The van der Waals surface area contributed by atoms with Crippen molar-refractivity contribution in [1.82, 2.24) is 4.98 Å². The Kier molecular flexibility index (Phi) is 2.42. The smallest absolute Gasteiger partial charge is 0.253 e. The largest absolute Gasteiger partial charge is 0.445 e. The van der Waals surface area contributed by atoms with Gasteiger partial charge >= 0.3 is 0 Å². The molecule has 6 nitrogen and oxygen atoms in total. The van der Waals surface area contributed by atoms with Crippen LogP contribution in [-0.4, -0.2) is 4.98 Å². The molecule has 2 aromatic carbocycles. The lowest BCUT2D eigenvalue weighted by atomic mass is 10.1. The van der Waals surface area contributed by atoms with E-state index in [1.807, 2.05) is 6.07 Å². The molecule has 3 aromatic rings. The number of nitrogen functional groups attached to an aromatic ring is 1. The van der Waals surface area contributed by atoms with Gasteiger partial charge in [0.2, 0.25) is 5.89 Å². The highest BCUT2D eigenvalue weighted by atomic mass is 16.3. The first-order chi connectivity index (χ1) is 9.16. The number of hydrogen-bond donors (Lipinski definition) is 2. The zero-order chi connectivity index (χ0) is 13.4. The summed E-state index contributed by atoms with van der Waals surface area (Å²) in [4.78, 5) is 26.4. The maximum atomic E-state index is 11.3. The fourth-order valence-electron chi connectivity index (χ4n) is 1.77. The molecule has 0 aliphatic carbocycles. The monoisotopic (exact) mass is 255 g/mol. The molecular formula is C13H9N3O3. The van der Waals surface area contributed by atoms with Crippen molar-refractivity contribution in [2.24, 2.45) is 0 Å². The molecule has 94 valence electrons. The second-order valence-corrected chi connectivity index (χ2v) is 3.99. The van der Waals surface area contributed by atoms with Gasteiger partial charge in [-0.15, -0.1) is 0 Å². The number of oxazole rings is 1. The summed E-state index contributed by atoms with van der Waals surface area (Å²) in [7, 11) is 0. The van der Waals surface area contributed by atoms with Gasteiger partial charge in [-0.1, -0.05) is 6.07 Å². The molecule has 1 aromatic heterocycles. The Labute approximate surface area is 107 Å². The standard InChI is InChI=1S/C13H9N3O3/c14-9-10(12(18)11(9)17)16-8-3-1-2-7(6-8)13-15-4-5-19-13/h1-6,16H,14H2. The van der Waals surface area contributed by atoms with Crippen molar-refractivity contribution in [3.05, 3.63) is 57.2 Å². The average molecular weight is 255 g/mol. The van der Waals surface area contributed by atoms with Crippen LogP contribution >= 0.6 is 0 Å². The van der Waals surface area contributed by atoms with Crippen LogP contribution in [0, 0.1) is 0 Å². The van der Waals surface area contributed by atoms with Crippen molar-refractivity contribution < 1.29 is 4.42 Å². The van der Waals surface area contributed by atoms with Gasteiger partial charge < -0.3 is 15.5 Å². The van der Waals surface area contributed by atoms with Gasteiger partial charge in [0.1, 0.15) is 17.6 Å². The minimum atomic E-state index is -0.647. The van der Waals surface area contributed by atoms with E-state index in [4.69, 9.17) is 10.2 Å². The van der Waals surface area contributed by atoms with Crippen LogP contribution in [0.1, 0.15) is 0 Å². The van der Waals surface area contributed by atoms with Gasteiger partial charge in [0.05, 0.1) is 6.20 Å². The van der Waals surface area contributed by atoms with E-state index in [1.54, 1.807) is 24.4 Å². The number of nitrogens with one attached hydrogen (secondary N) is 1. The molecule has 0 radical (unpaired) electrons. The Morgan fingerprint density at radius 1 is 1.21 bits per heavy atom. The number of nitrogens with zero attached hydrogens (tertiary/aromatic N) is 1. The third-order valence-electron chi connectivity index (χ3n) is 2.76. The van der Waals surface area contributed by atoms with Crippen LogP contribution in [0.4, 0.5) is 17.1 Å². The van der Waals surface area contributed by atoms with Gasteiger partial charge in [0, 0.05) is 11.3 Å². The Bertz CT molecular complexity index is 799. The van der Waals surface area contributed by atoms with Crippen molar-refractivity contribution in [1.29, 1.82) is 0 Å². The molecule has 0 fully saturated rings. The number of hydrogen-bond acceptors (Lipinski definition) is 6. The summed E-state index contributed by atoms with van der Waals surface area (Å²) in [5.74, 6) is 0.474. The molecule has 0 aliphatic rings. The van der Waals surface area contributed by atoms with E-state index < -0.39 is 10.9 Å². The molecule has 0 saturated carbocycles. The summed E-state index contributed by atoms with van der Waals surface area (Å²) in [6.45, 7) is 0. The number of aromatic nitrogens is 1. The van der Waals surface area contributed by atoms with E-state index >= 15 is 0 Å². The molecule has 0 saturated heterocycles. The lowest BCUT2D eigenvalue weighted by Crippen LogP contribution is -2.36. The molecule has 0 amide bonds. The van der Waals surface area contributed by atoms with Crippen LogP contribution in [0.15, 0.2) is 50.7 Å². The molecule has 0 aliphatic heterocycles. The van der Waals surface area contributed by atoms with E-state index in [-0.39, 0.29) is 11.4 Å². The van der Waals surface area contributed by atoms with Crippen molar-refractivity contribution in [2.45, 2.75) is 0 Å². The highest BCUT2D eigenvalue weighted by molar-refractivity contribution is 5.77. The zero-order valence-corrected chi connectivity index (χ0v) is 9.71. The van der Waals surface area contributed by atoms with E-state index in [0.717, 1.165) is 5.56 Å². The lowest BCUT2D eigenvalue weighted by molar-refractivity contribution is 0.574. The maximum Gasteiger partial charge on any atom is 0.253 e. The van der Waals surface area contributed by atoms with E-state index in [9.17, 15) is 9.59 Å². The van der Waals surface area contributed by atoms with E-state index in [0.29, 0.717) is 11.6 Å². The van der Waals surface area contributed by atoms with Crippen molar-refractivity contribution >= 4 is 17.1 Å².